The van der Waals surface area contributed by atoms with Gasteiger partial charge in [-0.05, 0) is 31.5 Å². The van der Waals surface area contributed by atoms with Crippen LogP contribution in [0.15, 0.2) is 78.9 Å². The molecular formula is C31H27NO5. The molecule has 1 spiro atoms. The third kappa shape index (κ3) is 3.08. The molecule has 3 aromatic rings. The zero-order valence-corrected chi connectivity index (χ0v) is 20.7. The lowest BCUT2D eigenvalue weighted by atomic mass is 9.64. The van der Waals surface area contributed by atoms with Crippen molar-refractivity contribution in [2.24, 2.45) is 5.41 Å². The summed E-state index contributed by atoms with van der Waals surface area (Å²) in [4.78, 5) is 44.8. The smallest absolute Gasteiger partial charge is 0.329 e. The molecular weight excluding hydrogens is 466 g/mol. The zero-order valence-electron chi connectivity index (χ0n) is 20.7. The van der Waals surface area contributed by atoms with Gasteiger partial charge in [0.15, 0.2) is 11.6 Å². The van der Waals surface area contributed by atoms with Crippen LogP contribution in [0.3, 0.4) is 0 Å². The molecule has 2 aliphatic heterocycles. The van der Waals surface area contributed by atoms with E-state index >= 15 is 0 Å². The van der Waals surface area contributed by atoms with Gasteiger partial charge in [0.1, 0.15) is 17.2 Å². The highest BCUT2D eigenvalue weighted by Crippen LogP contribution is 2.61. The lowest BCUT2D eigenvalue weighted by Crippen LogP contribution is -2.48. The second-order valence-corrected chi connectivity index (χ2v) is 9.49. The van der Waals surface area contributed by atoms with E-state index in [0.717, 1.165) is 11.3 Å². The quantitative estimate of drug-likeness (QED) is 0.365. The summed E-state index contributed by atoms with van der Waals surface area (Å²) in [7, 11) is 0. The maximum absolute atomic E-state index is 14.5. The van der Waals surface area contributed by atoms with E-state index in [1.165, 1.54) is 0 Å². The molecule has 0 bridgehead atoms. The number of ketones is 2. The molecule has 0 amide bonds. The maximum atomic E-state index is 14.5. The summed E-state index contributed by atoms with van der Waals surface area (Å²) in [6, 6.07) is 20.5. The number of rotatable bonds is 5. The third-order valence-electron chi connectivity index (χ3n) is 7.79. The summed E-state index contributed by atoms with van der Waals surface area (Å²) in [5, 5.41) is 0. The highest BCUT2D eigenvalue weighted by atomic mass is 16.5. The molecule has 0 N–H and O–H groups in total. The van der Waals surface area contributed by atoms with Crippen LogP contribution in [0.4, 0.5) is 5.69 Å². The Hall–Kier alpha value is -4.19. The van der Waals surface area contributed by atoms with E-state index in [-0.39, 0.29) is 18.2 Å². The van der Waals surface area contributed by atoms with Crippen LogP contribution >= 0.6 is 0 Å². The average molecular weight is 494 g/mol. The first kappa shape index (κ1) is 23.2. The van der Waals surface area contributed by atoms with Gasteiger partial charge in [0.05, 0.1) is 19.3 Å². The first-order chi connectivity index (χ1) is 18.1. The van der Waals surface area contributed by atoms with Gasteiger partial charge in [-0.1, -0.05) is 72.8 Å². The highest BCUT2D eigenvalue weighted by molar-refractivity contribution is 6.32. The van der Waals surface area contributed by atoms with Crippen molar-refractivity contribution in [1.29, 1.82) is 0 Å². The van der Waals surface area contributed by atoms with E-state index < -0.39 is 29.4 Å². The Morgan fingerprint density at radius 2 is 1.51 bits per heavy atom. The minimum Gasteiger partial charge on any atom is -0.494 e. The number of fused-ring (bicyclic) bond motifs is 5. The largest absolute Gasteiger partial charge is 0.494 e. The van der Waals surface area contributed by atoms with Gasteiger partial charge in [-0.3, -0.25) is 9.59 Å². The van der Waals surface area contributed by atoms with Gasteiger partial charge in [0, 0.05) is 28.3 Å². The predicted molar refractivity (Wildman–Crippen MR) is 140 cm³/mol. The fraction of sp³-hybridized carbons (Fsp3) is 0.258. The Morgan fingerprint density at radius 1 is 0.865 bits per heavy atom. The molecule has 0 unspecified atom stereocenters. The van der Waals surface area contributed by atoms with Crippen molar-refractivity contribution in [3.8, 4) is 5.75 Å². The van der Waals surface area contributed by atoms with Crippen molar-refractivity contribution >= 4 is 29.3 Å². The van der Waals surface area contributed by atoms with E-state index in [9.17, 15) is 14.4 Å². The Balaban J connectivity index is 1.69. The second kappa shape index (κ2) is 8.73. The average Bonchev–Trinajstić information content (AvgIpc) is 3.36. The summed E-state index contributed by atoms with van der Waals surface area (Å²) in [6.45, 7) is 4.22. The van der Waals surface area contributed by atoms with Crippen molar-refractivity contribution in [2.45, 2.75) is 31.8 Å². The molecule has 6 nitrogen and oxygen atoms in total. The lowest BCUT2D eigenvalue weighted by Gasteiger charge is -2.36. The van der Waals surface area contributed by atoms with Crippen LogP contribution < -0.4 is 9.64 Å². The Bertz CT molecular complexity index is 1420. The van der Waals surface area contributed by atoms with Crippen LogP contribution in [0.5, 0.6) is 5.75 Å². The van der Waals surface area contributed by atoms with Gasteiger partial charge in [-0.2, -0.15) is 0 Å². The summed E-state index contributed by atoms with van der Waals surface area (Å²) in [5.74, 6) is -1.28. The molecule has 3 aliphatic rings. The monoisotopic (exact) mass is 493 g/mol. The number of hydrogen-bond donors (Lipinski definition) is 0. The summed E-state index contributed by atoms with van der Waals surface area (Å²) in [5.41, 5.74) is 1.58. The second-order valence-electron chi connectivity index (χ2n) is 9.49. The number of nitrogens with zero attached hydrogens (tertiary/aromatic N) is 1. The molecule has 37 heavy (non-hydrogen) atoms. The molecule has 1 aliphatic carbocycles. The van der Waals surface area contributed by atoms with Gasteiger partial charge in [0.2, 0.25) is 0 Å². The van der Waals surface area contributed by atoms with Gasteiger partial charge in [-0.25, -0.2) is 4.79 Å². The molecule has 2 heterocycles. The number of carbonyl (C=O) groups excluding carboxylic acids is 3. The van der Waals surface area contributed by atoms with E-state index in [0.29, 0.717) is 29.0 Å². The van der Waals surface area contributed by atoms with E-state index in [1.807, 2.05) is 72.5 Å². The molecule has 0 radical (unpaired) electrons. The minimum absolute atomic E-state index is 0.181. The number of Topliss-reactive ketones (excluding diaryl/α,β-unsaturated/α-hetero) is 2. The normalized spacial score (nSPS) is 22.5. The molecule has 0 aromatic heterocycles. The fourth-order valence-electron chi connectivity index (χ4n) is 6.48. The van der Waals surface area contributed by atoms with E-state index in [1.54, 1.807) is 31.2 Å². The van der Waals surface area contributed by atoms with Crippen molar-refractivity contribution in [1.82, 2.24) is 0 Å². The van der Waals surface area contributed by atoms with Crippen LogP contribution in [-0.2, 0) is 9.53 Å². The number of esters is 1. The number of hydrogen-bond acceptors (Lipinski definition) is 6. The van der Waals surface area contributed by atoms with E-state index in [4.69, 9.17) is 9.47 Å². The number of carbonyl (C=O) groups is 3. The van der Waals surface area contributed by atoms with Crippen molar-refractivity contribution < 1.29 is 23.9 Å². The number of para-hydroxylation sites is 2. The molecule has 1 fully saturated rings. The SMILES string of the molecule is CCOC(=O)[C@@H]1[C@H](c2ccccc2OCC)C2(C(=O)c3ccccc3C2=O)[C@@H]2C=Cc3ccccc3N12. The van der Waals surface area contributed by atoms with Gasteiger partial charge in [-0.15, -0.1) is 0 Å². The lowest BCUT2D eigenvalue weighted by molar-refractivity contribution is -0.145. The Labute approximate surface area is 215 Å². The van der Waals surface area contributed by atoms with Crippen LogP contribution in [0, 0.1) is 5.41 Å². The summed E-state index contributed by atoms with van der Waals surface area (Å²) in [6.07, 6.45) is 3.85. The van der Waals surface area contributed by atoms with Crippen molar-refractivity contribution in [3.63, 3.8) is 0 Å². The summed E-state index contributed by atoms with van der Waals surface area (Å²) < 4.78 is 11.6. The number of anilines is 1. The molecule has 3 atom stereocenters. The third-order valence-corrected chi connectivity index (χ3v) is 7.79. The number of ether oxygens (including phenoxy) is 2. The predicted octanol–water partition coefficient (Wildman–Crippen LogP) is 5.08. The molecule has 186 valence electrons. The van der Waals surface area contributed by atoms with Crippen LogP contribution in [0.1, 0.15) is 51.6 Å². The van der Waals surface area contributed by atoms with Gasteiger partial charge >= 0.3 is 5.97 Å². The highest BCUT2D eigenvalue weighted by Gasteiger charge is 2.72. The molecule has 6 rings (SSSR count). The molecule has 6 heteroatoms. The van der Waals surface area contributed by atoms with Crippen LogP contribution in [0.2, 0.25) is 0 Å². The standard InChI is InChI=1S/C31H27NO5/c1-3-36-24-16-10-8-14-22(24)26-27(30(35)37-4-2)32-23-15-9-5-11-19(23)17-18-25(32)31(26)28(33)20-12-6-7-13-21(20)29(31)34/h5-18,25-27H,3-4H2,1-2H3/t25-,26-,27-/m0/s1. The number of benzene rings is 3. The van der Waals surface area contributed by atoms with Gasteiger partial charge < -0.3 is 14.4 Å². The topological polar surface area (TPSA) is 72.9 Å². The van der Waals surface area contributed by atoms with Crippen molar-refractivity contribution in [3.05, 3.63) is 101 Å². The maximum Gasteiger partial charge on any atom is 0.329 e. The molecule has 0 saturated carbocycles. The summed E-state index contributed by atoms with van der Waals surface area (Å²) >= 11 is 0. The van der Waals surface area contributed by atoms with Crippen LogP contribution in [-0.4, -0.2) is 42.8 Å². The Kier molecular flexibility index (Phi) is 5.48. The van der Waals surface area contributed by atoms with Crippen LogP contribution in [0.25, 0.3) is 6.08 Å². The Morgan fingerprint density at radius 3 is 2.22 bits per heavy atom. The first-order valence-corrected chi connectivity index (χ1v) is 12.7. The van der Waals surface area contributed by atoms with Gasteiger partial charge in [0.25, 0.3) is 0 Å². The first-order valence-electron chi connectivity index (χ1n) is 12.7. The van der Waals surface area contributed by atoms with Crippen molar-refractivity contribution in [2.75, 3.05) is 18.1 Å². The fourth-order valence-corrected chi connectivity index (χ4v) is 6.48. The molecule has 3 aromatic carbocycles. The zero-order chi connectivity index (χ0) is 25.7. The minimum atomic E-state index is -1.56. The molecule has 1 saturated heterocycles. The van der Waals surface area contributed by atoms with E-state index in [2.05, 4.69) is 0 Å².